The Balaban J connectivity index is 1.30. The first-order chi connectivity index (χ1) is 13.5. The van der Waals surface area contributed by atoms with Crippen molar-refractivity contribution in [3.63, 3.8) is 0 Å². The van der Waals surface area contributed by atoms with Gasteiger partial charge in [-0.1, -0.05) is 12.1 Å². The third-order valence-corrected chi connectivity index (χ3v) is 4.76. The standard InChI is InChI=1S/C20H20F2N2O4/c21-18(22)26-15-6-3-13(4-7-15)12-23-19(25)24-14-5-8-16-17(11-14)28-20(27-16)9-1-2-10-20/h3-8,11,18H,1-2,9-10,12H2,(H2,23,24,25). The highest BCUT2D eigenvalue weighted by molar-refractivity contribution is 5.89. The molecule has 0 bridgehead atoms. The number of carbonyl (C=O) groups excluding carboxylic acids is 1. The molecule has 1 spiro atoms. The topological polar surface area (TPSA) is 68.8 Å². The largest absolute Gasteiger partial charge is 0.448 e. The van der Waals surface area contributed by atoms with Crippen LogP contribution < -0.4 is 24.8 Å². The Kier molecular flexibility index (Phi) is 4.93. The number of hydrogen-bond donors (Lipinski definition) is 2. The van der Waals surface area contributed by atoms with Crippen LogP contribution in [0.2, 0.25) is 0 Å². The summed E-state index contributed by atoms with van der Waals surface area (Å²) >= 11 is 0. The highest BCUT2D eigenvalue weighted by Crippen LogP contribution is 2.47. The number of carbonyl (C=O) groups is 1. The molecule has 0 unspecified atom stereocenters. The molecular weight excluding hydrogens is 370 g/mol. The number of nitrogens with one attached hydrogen (secondary N) is 2. The number of halogens is 2. The van der Waals surface area contributed by atoms with Gasteiger partial charge in [0.2, 0.25) is 0 Å². The molecule has 2 aromatic carbocycles. The van der Waals surface area contributed by atoms with Gasteiger partial charge in [-0.25, -0.2) is 4.79 Å². The van der Waals surface area contributed by atoms with Crippen LogP contribution in [0.3, 0.4) is 0 Å². The fourth-order valence-corrected chi connectivity index (χ4v) is 3.44. The summed E-state index contributed by atoms with van der Waals surface area (Å²) in [5.41, 5.74) is 1.35. The molecule has 1 saturated carbocycles. The number of urea groups is 1. The van der Waals surface area contributed by atoms with Crippen molar-refractivity contribution in [3.8, 4) is 17.2 Å². The number of rotatable bonds is 5. The number of ether oxygens (including phenoxy) is 3. The lowest BCUT2D eigenvalue weighted by molar-refractivity contribution is -0.0716. The molecule has 1 aliphatic carbocycles. The lowest BCUT2D eigenvalue weighted by atomic mass is 10.2. The second kappa shape index (κ2) is 7.53. The number of fused-ring (bicyclic) bond motifs is 1. The number of benzene rings is 2. The minimum atomic E-state index is -2.86. The van der Waals surface area contributed by atoms with Crippen LogP contribution in [0.15, 0.2) is 42.5 Å². The molecule has 1 aliphatic heterocycles. The summed E-state index contributed by atoms with van der Waals surface area (Å²) in [5.74, 6) is 0.862. The van der Waals surface area contributed by atoms with E-state index in [1.807, 2.05) is 0 Å². The van der Waals surface area contributed by atoms with Crippen molar-refractivity contribution < 1.29 is 27.8 Å². The first-order valence-corrected chi connectivity index (χ1v) is 9.12. The predicted octanol–water partition coefficient (Wildman–Crippen LogP) is 4.65. The van der Waals surface area contributed by atoms with E-state index in [1.165, 1.54) is 12.1 Å². The third kappa shape index (κ3) is 4.11. The normalized spacial score (nSPS) is 16.4. The average molecular weight is 390 g/mol. The van der Waals surface area contributed by atoms with Crippen LogP contribution in [0.4, 0.5) is 19.3 Å². The Morgan fingerprint density at radius 2 is 1.79 bits per heavy atom. The summed E-state index contributed by atoms with van der Waals surface area (Å²) in [7, 11) is 0. The summed E-state index contributed by atoms with van der Waals surface area (Å²) < 4.78 is 40.5. The van der Waals surface area contributed by atoms with E-state index >= 15 is 0 Å². The van der Waals surface area contributed by atoms with Crippen LogP contribution in [-0.2, 0) is 6.54 Å². The maximum absolute atomic E-state index is 12.1. The summed E-state index contributed by atoms with van der Waals surface area (Å²) in [5, 5.41) is 5.46. The molecule has 1 heterocycles. The van der Waals surface area contributed by atoms with Crippen molar-refractivity contribution in [2.75, 3.05) is 5.32 Å². The maximum atomic E-state index is 12.1. The molecule has 2 amide bonds. The quantitative estimate of drug-likeness (QED) is 0.780. The molecule has 28 heavy (non-hydrogen) atoms. The van der Waals surface area contributed by atoms with E-state index in [4.69, 9.17) is 9.47 Å². The van der Waals surface area contributed by atoms with Gasteiger partial charge in [0, 0.05) is 31.1 Å². The van der Waals surface area contributed by atoms with Gasteiger partial charge in [-0.3, -0.25) is 0 Å². The lowest BCUT2D eigenvalue weighted by Crippen LogP contribution is -2.34. The van der Waals surface area contributed by atoms with Gasteiger partial charge in [0.25, 0.3) is 5.79 Å². The van der Waals surface area contributed by atoms with E-state index in [1.54, 1.807) is 30.3 Å². The molecule has 0 saturated heterocycles. The second-order valence-corrected chi connectivity index (χ2v) is 6.81. The third-order valence-electron chi connectivity index (χ3n) is 4.76. The molecule has 0 atom stereocenters. The lowest BCUT2D eigenvalue weighted by Gasteiger charge is -2.21. The van der Waals surface area contributed by atoms with E-state index < -0.39 is 12.4 Å². The van der Waals surface area contributed by atoms with Crippen LogP contribution in [0.25, 0.3) is 0 Å². The minimum absolute atomic E-state index is 0.0728. The van der Waals surface area contributed by atoms with E-state index in [9.17, 15) is 13.6 Å². The van der Waals surface area contributed by atoms with Crippen molar-refractivity contribution in [2.24, 2.45) is 0 Å². The Labute approximate surface area is 160 Å². The maximum Gasteiger partial charge on any atom is 0.387 e. The van der Waals surface area contributed by atoms with E-state index in [0.29, 0.717) is 17.2 Å². The number of anilines is 1. The van der Waals surface area contributed by atoms with Gasteiger partial charge >= 0.3 is 12.6 Å². The van der Waals surface area contributed by atoms with Gasteiger partial charge in [-0.2, -0.15) is 8.78 Å². The van der Waals surface area contributed by atoms with Crippen molar-refractivity contribution in [2.45, 2.75) is 44.6 Å². The van der Waals surface area contributed by atoms with Crippen molar-refractivity contribution in [1.82, 2.24) is 5.32 Å². The minimum Gasteiger partial charge on any atom is -0.448 e. The van der Waals surface area contributed by atoms with Gasteiger partial charge in [0.15, 0.2) is 11.5 Å². The molecule has 0 aromatic heterocycles. The Morgan fingerprint density at radius 3 is 2.50 bits per heavy atom. The van der Waals surface area contributed by atoms with Crippen LogP contribution in [0.1, 0.15) is 31.2 Å². The fourth-order valence-electron chi connectivity index (χ4n) is 3.44. The van der Waals surface area contributed by atoms with Gasteiger partial charge in [-0.15, -0.1) is 0 Å². The summed E-state index contributed by atoms with van der Waals surface area (Å²) in [6.07, 6.45) is 3.89. The number of hydrogen-bond acceptors (Lipinski definition) is 4. The molecule has 2 aromatic rings. The molecule has 148 valence electrons. The molecular formula is C20H20F2N2O4. The molecule has 4 rings (SSSR count). The fraction of sp³-hybridized carbons (Fsp3) is 0.350. The van der Waals surface area contributed by atoms with Crippen LogP contribution >= 0.6 is 0 Å². The highest BCUT2D eigenvalue weighted by Gasteiger charge is 2.44. The zero-order chi connectivity index (χ0) is 19.6. The van der Waals surface area contributed by atoms with E-state index in [2.05, 4.69) is 15.4 Å². The smallest absolute Gasteiger partial charge is 0.387 e. The Bertz CT molecular complexity index is 852. The molecule has 6 nitrogen and oxygen atoms in total. The van der Waals surface area contributed by atoms with Gasteiger partial charge in [0.05, 0.1) is 0 Å². The molecule has 2 aliphatic rings. The van der Waals surface area contributed by atoms with Crippen molar-refractivity contribution in [1.29, 1.82) is 0 Å². The first kappa shape index (κ1) is 18.3. The van der Waals surface area contributed by atoms with Gasteiger partial charge < -0.3 is 24.8 Å². The molecule has 1 fully saturated rings. The van der Waals surface area contributed by atoms with Crippen molar-refractivity contribution in [3.05, 3.63) is 48.0 Å². The van der Waals surface area contributed by atoms with Crippen LogP contribution in [0.5, 0.6) is 17.2 Å². The Morgan fingerprint density at radius 1 is 1.07 bits per heavy atom. The monoisotopic (exact) mass is 390 g/mol. The second-order valence-electron chi connectivity index (χ2n) is 6.81. The number of amides is 2. The molecule has 2 N–H and O–H groups in total. The van der Waals surface area contributed by atoms with Crippen LogP contribution in [0, 0.1) is 0 Å². The Hall–Kier alpha value is -3.03. The molecule has 0 radical (unpaired) electrons. The van der Waals surface area contributed by atoms with Crippen LogP contribution in [-0.4, -0.2) is 18.4 Å². The average Bonchev–Trinajstić information content (AvgIpc) is 3.26. The van der Waals surface area contributed by atoms with Gasteiger partial charge in [-0.05, 0) is 42.7 Å². The van der Waals surface area contributed by atoms with E-state index in [0.717, 1.165) is 31.2 Å². The van der Waals surface area contributed by atoms with Gasteiger partial charge in [0.1, 0.15) is 5.75 Å². The summed E-state index contributed by atoms with van der Waals surface area (Å²) in [4.78, 5) is 12.1. The summed E-state index contributed by atoms with van der Waals surface area (Å²) in [6, 6.07) is 11.0. The SMILES string of the molecule is O=C(NCc1ccc(OC(F)F)cc1)Nc1ccc2c(c1)OC1(CCCC1)O2. The zero-order valence-electron chi connectivity index (χ0n) is 15.0. The first-order valence-electron chi connectivity index (χ1n) is 9.12. The zero-order valence-corrected chi connectivity index (χ0v) is 15.0. The van der Waals surface area contributed by atoms with E-state index in [-0.39, 0.29) is 18.3 Å². The number of alkyl halides is 2. The molecule has 8 heteroatoms. The summed E-state index contributed by atoms with van der Waals surface area (Å²) in [6.45, 7) is -2.62. The highest BCUT2D eigenvalue weighted by atomic mass is 19.3. The van der Waals surface area contributed by atoms with Crippen molar-refractivity contribution >= 4 is 11.7 Å². The predicted molar refractivity (Wildman–Crippen MR) is 97.8 cm³/mol.